The summed E-state index contributed by atoms with van der Waals surface area (Å²) in [5.41, 5.74) is 1.64. The first kappa shape index (κ1) is 23.6. The van der Waals surface area contributed by atoms with Crippen molar-refractivity contribution in [2.24, 2.45) is 5.92 Å². The second-order valence-corrected chi connectivity index (χ2v) is 9.18. The fourth-order valence-electron chi connectivity index (χ4n) is 4.59. The largest absolute Gasteiger partial charge is 0.463 e. The molecule has 0 bridgehead atoms. The van der Waals surface area contributed by atoms with Gasteiger partial charge in [0.2, 0.25) is 5.91 Å². The van der Waals surface area contributed by atoms with Gasteiger partial charge in [-0.3, -0.25) is 14.6 Å². The number of hydrogen-bond donors (Lipinski definition) is 1. The van der Waals surface area contributed by atoms with Gasteiger partial charge < -0.3 is 15.0 Å². The van der Waals surface area contributed by atoms with Gasteiger partial charge in [0.15, 0.2) is 0 Å². The SMILES string of the molecule is CCOC(=O)C1=C(CN2CCN(C(=O)C3CCC3)CC2)N(C)C(=O)NC1c1ccccc1Cl. The maximum absolute atomic E-state index is 13.1. The Balaban J connectivity index is 1.59. The molecule has 3 aliphatic rings. The Bertz CT molecular complexity index is 954. The number of hydrogen-bond acceptors (Lipinski definition) is 5. The Morgan fingerprint density at radius 2 is 1.85 bits per heavy atom. The summed E-state index contributed by atoms with van der Waals surface area (Å²) < 4.78 is 5.38. The molecular formula is C24H31ClN4O4. The Kier molecular flexibility index (Phi) is 7.24. The van der Waals surface area contributed by atoms with Crippen molar-refractivity contribution >= 4 is 29.5 Å². The van der Waals surface area contributed by atoms with Gasteiger partial charge in [0.05, 0.1) is 18.2 Å². The average molecular weight is 475 g/mol. The predicted molar refractivity (Wildman–Crippen MR) is 125 cm³/mol. The molecule has 1 saturated carbocycles. The van der Waals surface area contributed by atoms with Crippen molar-refractivity contribution in [3.05, 3.63) is 46.1 Å². The molecule has 33 heavy (non-hydrogen) atoms. The molecule has 4 rings (SSSR count). The van der Waals surface area contributed by atoms with Crippen LogP contribution < -0.4 is 5.32 Å². The zero-order valence-electron chi connectivity index (χ0n) is 19.2. The second-order valence-electron chi connectivity index (χ2n) is 8.77. The summed E-state index contributed by atoms with van der Waals surface area (Å²) in [5.74, 6) is -0.0115. The molecule has 1 aliphatic carbocycles. The van der Waals surface area contributed by atoms with E-state index in [0.717, 1.165) is 19.3 Å². The summed E-state index contributed by atoms with van der Waals surface area (Å²) in [7, 11) is 1.66. The van der Waals surface area contributed by atoms with E-state index in [2.05, 4.69) is 10.2 Å². The minimum absolute atomic E-state index is 0.194. The minimum atomic E-state index is -0.696. The van der Waals surface area contributed by atoms with E-state index in [-0.39, 0.29) is 24.5 Å². The molecule has 2 fully saturated rings. The second kappa shape index (κ2) is 10.1. The van der Waals surface area contributed by atoms with Crippen LogP contribution in [0.1, 0.15) is 37.8 Å². The van der Waals surface area contributed by atoms with Gasteiger partial charge in [0.25, 0.3) is 0 Å². The van der Waals surface area contributed by atoms with Crippen LogP contribution in [0.4, 0.5) is 4.79 Å². The zero-order valence-corrected chi connectivity index (χ0v) is 19.9. The lowest BCUT2D eigenvalue weighted by atomic mass is 9.84. The number of nitrogens with one attached hydrogen (secondary N) is 1. The Morgan fingerprint density at radius 3 is 2.45 bits per heavy atom. The van der Waals surface area contributed by atoms with Crippen LogP contribution in [0.15, 0.2) is 35.5 Å². The highest BCUT2D eigenvalue weighted by Crippen LogP contribution is 2.35. The van der Waals surface area contributed by atoms with Crippen LogP contribution in [0, 0.1) is 5.92 Å². The van der Waals surface area contributed by atoms with Gasteiger partial charge in [-0.05, 0) is 31.4 Å². The van der Waals surface area contributed by atoms with Crippen molar-refractivity contribution in [1.29, 1.82) is 0 Å². The number of carbonyl (C=O) groups is 3. The van der Waals surface area contributed by atoms with Gasteiger partial charge in [-0.15, -0.1) is 0 Å². The zero-order chi connectivity index (χ0) is 23.5. The van der Waals surface area contributed by atoms with Crippen LogP contribution in [0.3, 0.4) is 0 Å². The van der Waals surface area contributed by atoms with Gasteiger partial charge in [-0.25, -0.2) is 9.59 Å². The molecule has 1 atom stereocenters. The molecule has 1 N–H and O–H groups in total. The number of urea groups is 1. The van der Waals surface area contributed by atoms with Gasteiger partial charge in [0.1, 0.15) is 0 Å². The molecule has 1 aromatic carbocycles. The Labute approximate surface area is 199 Å². The molecule has 1 saturated heterocycles. The lowest BCUT2D eigenvalue weighted by molar-refractivity contribution is -0.140. The molecule has 0 radical (unpaired) electrons. The van der Waals surface area contributed by atoms with Gasteiger partial charge in [0, 0.05) is 56.4 Å². The molecule has 1 unspecified atom stereocenters. The summed E-state index contributed by atoms with van der Waals surface area (Å²) in [5, 5.41) is 3.37. The van der Waals surface area contributed by atoms with Crippen LogP contribution >= 0.6 is 11.6 Å². The third kappa shape index (κ3) is 4.87. The van der Waals surface area contributed by atoms with E-state index in [4.69, 9.17) is 16.3 Å². The minimum Gasteiger partial charge on any atom is -0.463 e. The van der Waals surface area contributed by atoms with Crippen molar-refractivity contribution in [1.82, 2.24) is 20.0 Å². The Morgan fingerprint density at radius 1 is 1.15 bits per heavy atom. The number of piperazine rings is 1. The van der Waals surface area contributed by atoms with Crippen LogP contribution in [0.5, 0.6) is 0 Å². The quantitative estimate of drug-likeness (QED) is 0.641. The molecule has 2 aliphatic heterocycles. The molecule has 9 heteroatoms. The molecular weight excluding hydrogens is 444 g/mol. The summed E-state index contributed by atoms with van der Waals surface area (Å²) in [4.78, 5) is 44.1. The first-order valence-electron chi connectivity index (χ1n) is 11.6. The van der Waals surface area contributed by atoms with Crippen LogP contribution in [-0.4, -0.2) is 79.0 Å². The highest BCUT2D eigenvalue weighted by Gasteiger charge is 2.39. The van der Waals surface area contributed by atoms with E-state index < -0.39 is 12.0 Å². The third-order valence-corrected chi connectivity index (χ3v) is 7.14. The van der Waals surface area contributed by atoms with E-state index in [0.29, 0.717) is 54.6 Å². The number of amides is 3. The van der Waals surface area contributed by atoms with Crippen LogP contribution in [0.25, 0.3) is 0 Å². The normalized spacial score (nSPS) is 22.2. The van der Waals surface area contributed by atoms with E-state index in [1.54, 1.807) is 26.1 Å². The first-order chi connectivity index (χ1) is 15.9. The number of rotatable bonds is 6. The van der Waals surface area contributed by atoms with Crippen molar-refractivity contribution in [3.8, 4) is 0 Å². The lowest BCUT2D eigenvalue weighted by Crippen LogP contribution is -2.54. The molecule has 8 nitrogen and oxygen atoms in total. The summed E-state index contributed by atoms with van der Waals surface area (Å²) in [6, 6.07) is 6.18. The highest BCUT2D eigenvalue weighted by atomic mass is 35.5. The first-order valence-corrected chi connectivity index (χ1v) is 12.0. The Hall–Kier alpha value is -2.58. The van der Waals surface area contributed by atoms with Crippen molar-refractivity contribution in [2.45, 2.75) is 32.2 Å². The number of ether oxygens (including phenoxy) is 1. The maximum atomic E-state index is 13.1. The summed E-state index contributed by atoms with van der Waals surface area (Å²) in [6.07, 6.45) is 3.14. The molecule has 0 spiro atoms. The summed E-state index contributed by atoms with van der Waals surface area (Å²) >= 11 is 6.43. The number of esters is 1. The van der Waals surface area contributed by atoms with Gasteiger partial charge in [-0.1, -0.05) is 36.2 Å². The maximum Gasteiger partial charge on any atom is 0.338 e. The number of carbonyl (C=O) groups excluding carboxylic acids is 3. The van der Waals surface area contributed by atoms with E-state index in [9.17, 15) is 14.4 Å². The number of likely N-dealkylation sites (N-methyl/N-ethyl adjacent to an activating group) is 1. The molecule has 178 valence electrons. The van der Waals surface area contributed by atoms with Crippen molar-refractivity contribution < 1.29 is 19.1 Å². The third-order valence-electron chi connectivity index (χ3n) is 6.80. The number of benzene rings is 1. The van der Waals surface area contributed by atoms with E-state index in [1.807, 2.05) is 17.0 Å². The number of halogens is 1. The lowest BCUT2D eigenvalue weighted by Gasteiger charge is -2.41. The van der Waals surface area contributed by atoms with E-state index >= 15 is 0 Å². The van der Waals surface area contributed by atoms with Crippen molar-refractivity contribution in [3.63, 3.8) is 0 Å². The summed E-state index contributed by atoms with van der Waals surface area (Å²) in [6.45, 7) is 5.07. The predicted octanol–water partition coefficient (Wildman–Crippen LogP) is 2.80. The van der Waals surface area contributed by atoms with Crippen LogP contribution in [0.2, 0.25) is 5.02 Å². The van der Waals surface area contributed by atoms with E-state index in [1.165, 1.54) is 4.90 Å². The van der Waals surface area contributed by atoms with Crippen molar-refractivity contribution in [2.75, 3.05) is 46.4 Å². The molecule has 1 aromatic rings. The monoisotopic (exact) mass is 474 g/mol. The fourth-order valence-corrected chi connectivity index (χ4v) is 4.84. The average Bonchev–Trinajstić information content (AvgIpc) is 2.76. The van der Waals surface area contributed by atoms with Gasteiger partial charge in [-0.2, -0.15) is 0 Å². The highest BCUT2D eigenvalue weighted by molar-refractivity contribution is 6.31. The standard InChI is InChI=1S/C24H31ClN4O4/c1-3-33-23(31)20-19(15-28-11-13-29(14-12-28)22(30)16-7-6-8-16)27(2)24(32)26-21(20)17-9-4-5-10-18(17)25/h4-5,9-10,16,21H,3,6-8,11-15H2,1-2H3,(H,26,32). The molecule has 3 amide bonds. The smallest absolute Gasteiger partial charge is 0.338 e. The molecule has 0 aromatic heterocycles. The van der Waals surface area contributed by atoms with Crippen LogP contribution in [-0.2, 0) is 14.3 Å². The topological polar surface area (TPSA) is 82.2 Å². The fraction of sp³-hybridized carbons (Fsp3) is 0.542. The van der Waals surface area contributed by atoms with Gasteiger partial charge >= 0.3 is 12.0 Å². The molecule has 2 heterocycles. The number of nitrogens with zero attached hydrogens (tertiary/aromatic N) is 3.